The molecule has 15 heteroatoms. The Bertz CT molecular complexity index is 1620. The molecule has 1 unspecified atom stereocenters. The zero-order chi connectivity index (χ0) is 31.4. The van der Waals surface area contributed by atoms with Crippen LogP contribution in [0.3, 0.4) is 0 Å². The minimum absolute atomic E-state index is 0.222. The van der Waals surface area contributed by atoms with Crippen molar-refractivity contribution in [2.45, 2.75) is 24.5 Å². The van der Waals surface area contributed by atoms with Gasteiger partial charge in [0.1, 0.15) is 5.75 Å². The number of benzene rings is 3. The molecule has 43 heavy (non-hydrogen) atoms. The lowest BCUT2D eigenvalue weighted by Crippen LogP contribution is -2.38. The fraction of sp³-hybridized carbons (Fsp3) is 0.286. The third-order valence-electron chi connectivity index (χ3n) is 6.55. The Morgan fingerprint density at radius 1 is 1.09 bits per heavy atom. The molecule has 0 saturated carbocycles. The van der Waals surface area contributed by atoms with E-state index in [0.29, 0.717) is 44.8 Å². The topological polar surface area (TPSA) is 114 Å². The van der Waals surface area contributed by atoms with E-state index < -0.39 is 34.1 Å². The molecule has 1 aliphatic rings. The fourth-order valence-electron chi connectivity index (χ4n) is 4.52. The van der Waals surface area contributed by atoms with E-state index in [4.69, 9.17) is 21.1 Å². The number of amides is 2. The molecule has 0 fully saturated rings. The van der Waals surface area contributed by atoms with Gasteiger partial charge < -0.3 is 19.7 Å². The Kier molecular flexibility index (Phi) is 10.4. The van der Waals surface area contributed by atoms with Gasteiger partial charge >= 0.3 is 15.5 Å². The van der Waals surface area contributed by atoms with Crippen LogP contribution < -0.4 is 19.7 Å². The SMILES string of the molecule is COc1cc(NC(=O)c2ccccc2Br)ccc1C(=O)N1CCCC(OCCNS(=O)(=O)C(F)(F)F)c2cc(Cl)ccc21. The molecular formula is C28H26BrClF3N3O6S. The third-order valence-corrected chi connectivity index (χ3v) is 8.67. The molecule has 0 aromatic heterocycles. The number of sulfonamides is 1. The average molecular weight is 705 g/mol. The molecule has 2 N–H and O–H groups in total. The molecule has 0 bridgehead atoms. The van der Waals surface area contributed by atoms with E-state index in [2.05, 4.69) is 21.2 Å². The van der Waals surface area contributed by atoms with Gasteiger partial charge in [-0.15, -0.1) is 0 Å². The summed E-state index contributed by atoms with van der Waals surface area (Å²) >= 11 is 9.59. The number of methoxy groups -OCH3 is 1. The number of hydrogen-bond donors (Lipinski definition) is 2. The highest BCUT2D eigenvalue weighted by molar-refractivity contribution is 9.10. The maximum Gasteiger partial charge on any atom is 0.511 e. The molecule has 1 heterocycles. The molecule has 0 aliphatic carbocycles. The van der Waals surface area contributed by atoms with Gasteiger partial charge in [-0.05, 0) is 71.2 Å². The van der Waals surface area contributed by atoms with Gasteiger partial charge in [0.15, 0.2) is 0 Å². The number of carbonyl (C=O) groups excluding carboxylic acids is 2. The molecule has 1 aliphatic heterocycles. The third kappa shape index (κ3) is 7.68. The number of fused-ring (bicyclic) bond motifs is 1. The Balaban J connectivity index is 1.54. The van der Waals surface area contributed by atoms with Gasteiger partial charge in [0.25, 0.3) is 11.8 Å². The van der Waals surface area contributed by atoms with E-state index in [-0.39, 0.29) is 30.4 Å². The summed E-state index contributed by atoms with van der Waals surface area (Å²) in [6, 6.07) is 16.4. The van der Waals surface area contributed by atoms with Gasteiger partial charge in [-0.1, -0.05) is 23.7 Å². The normalized spacial score (nSPS) is 15.4. The highest BCUT2D eigenvalue weighted by Gasteiger charge is 2.45. The zero-order valence-corrected chi connectivity index (χ0v) is 25.7. The minimum atomic E-state index is -5.50. The summed E-state index contributed by atoms with van der Waals surface area (Å²) < 4.78 is 73.7. The predicted molar refractivity (Wildman–Crippen MR) is 159 cm³/mol. The van der Waals surface area contributed by atoms with Crippen LogP contribution in [-0.2, 0) is 14.8 Å². The number of alkyl halides is 3. The van der Waals surface area contributed by atoms with E-state index in [1.54, 1.807) is 48.5 Å². The molecule has 9 nitrogen and oxygen atoms in total. The monoisotopic (exact) mass is 703 g/mol. The molecule has 0 spiro atoms. The van der Waals surface area contributed by atoms with Gasteiger partial charge in [-0.3, -0.25) is 9.59 Å². The number of nitrogens with one attached hydrogen (secondary N) is 2. The van der Waals surface area contributed by atoms with E-state index in [9.17, 15) is 31.2 Å². The average Bonchev–Trinajstić information content (AvgIpc) is 3.13. The highest BCUT2D eigenvalue weighted by Crippen LogP contribution is 2.38. The Morgan fingerprint density at radius 3 is 2.53 bits per heavy atom. The number of nitrogens with zero attached hydrogens (tertiary/aromatic N) is 1. The first kappa shape index (κ1) is 32.7. The van der Waals surface area contributed by atoms with Crippen molar-refractivity contribution in [3.05, 3.63) is 86.8 Å². The number of rotatable bonds is 9. The Labute approximate surface area is 259 Å². The molecule has 3 aromatic carbocycles. The quantitative estimate of drug-likeness (QED) is 0.253. The van der Waals surface area contributed by atoms with Crippen LogP contribution in [0.1, 0.15) is 45.2 Å². The molecule has 3 aromatic rings. The van der Waals surface area contributed by atoms with Crippen LogP contribution >= 0.6 is 27.5 Å². The fourth-order valence-corrected chi connectivity index (χ4v) is 5.68. The lowest BCUT2D eigenvalue weighted by molar-refractivity contribution is -0.0450. The Hall–Kier alpha value is -3.17. The smallest absolute Gasteiger partial charge is 0.496 e. The van der Waals surface area contributed by atoms with Gasteiger partial charge in [-0.2, -0.15) is 13.2 Å². The number of hydrogen-bond acceptors (Lipinski definition) is 6. The molecule has 0 radical (unpaired) electrons. The van der Waals surface area contributed by atoms with E-state index in [1.165, 1.54) is 28.9 Å². The van der Waals surface area contributed by atoms with E-state index in [1.807, 2.05) is 0 Å². The maximum atomic E-state index is 13.8. The zero-order valence-electron chi connectivity index (χ0n) is 22.6. The first-order chi connectivity index (χ1) is 20.3. The van der Waals surface area contributed by atoms with Crippen molar-refractivity contribution in [1.29, 1.82) is 0 Å². The summed E-state index contributed by atoms with van der Waals surface area (Å²) in [4.78, 5) is 28.1. The van der Waals surface area contributed by atoms with Crippen LogP contribution in [0.15, 0.2) is 65.1 Å². The molecule has 0 saturated heterocycles. The maximum absolute atomic E-state index is 13.8. The van der Waals surface area contributed by atoms with Crippen molar-refractivity contribution in [3.8, 4) is 5.75 Å². The first-order valence-corrected chi connectivity index (χ1v) is 15.5. The summed E-state index contributed by atoms with van der Waals surface area (Å²) in [5.74, 6) is -0.536. The molecule has 2 amide bonds. The van der Waals surface area contributed by atoms with Crippen molar-refractivity contribution in [1.82, 2.24) is 4.72 Å². The van der Waals surface area contributed by atoms with E-state index >= 15 is 0 Å². The molecule has 230 valence electrons. The summed E-state index contributed by atoms with van der Waals surface area (Å²) in [6.45, 7) is -0.670. The standard InChI is InChI=1S/C28H26BrClF3N3O6S/c1-41-25-16-18(35-26(37)19-5-2-3-6-22(19)29)9-10-20(25)27(38)36-13-4-7-24(21-15-17(30)8-11-23(21)36)42-14-12-34-43(39,40)28(31,32)33/h2-3,5-6,8-11,15-16,24,34H,4,7,12-14H2,1H3,(H,35,37). The highest BCUT2D eigenvalue weighted by atomic mass is 79.9. The predicted octanol–water partition coefficient (Wildman–Crippen LogP) is 6.30. The number of halogens is 5. The minimum Gasteiger partial charge on any atom is -0.496 e. The second kappa shape index (κ2) is 13.6. The molecule has 4 rings (SSSR count). The van der Waals surface area contributed by atoms with Gasteiger partial charge in [0.2, 0.25) is 0 Å². The van der Waals surface area contributed by atoms with Crippen molar-refractivity contribution in [2.24, 2.45) is 0 Å². The second-order valence-electron chi connectivity index (χ2n) is 9.35. The number of ether oxygens (including phenoxy) is 2. The van der Waals surface area contributed by atoms with Gasteiger partial charge in [0, 0.05) is 45.6 Å². The summed E-state index contributed by atoms with van der Waals surface area (Å²) in [7, 11) is -4.10. The number of carbonyl (C=O) groups is 2. The van der Waals surface area contributed by atoms with Crippen LogP contribution in [0.25, 0.3) is 0 Å². The van der Waals surface area contributed by atoms with Gasteiger partial charge in [0.05, 0.1) is 30.9 Å². The van der Waals surface area contributed by atoms with Crippen molar-refractivity contribution in [2.75, 3.05) is 37.0 Å². The van der Waals surface area contributed by atoms with Crippen LogP contribution in [-0.4, -0.2) is 52.5 Å². The van der Waals surface area contributed by atoms with Crippen molar-refractivity contribution >= 4 is 60.7 Å². The van der Waals surface area contributed by atoms with E-state index in [0.717, 1.165) is 0 Å². The lowest BCUT2D eigenvalue weighted by Gasteiger charge is -2.25. The van der Waals surface area contributed by atoms with Crippen LogP contribution in [0.4, 0.5) is 24.5 Å². The first-order valence-electron chi connectivity index (χ1n) is 12.8. The van der Waals surface area contributed by atoms with Crippen molar-refractivity contribution < 1.29 is 40.7 Å². The molecular weight excluding hydrogens is 679 g/mol. The largest absolute Gasteiger partial charge is 0.511 e. The Morgan fingerprint density at radius 2 is 1.84 bits per heavy atom. The molecule has 1 atom stereocenters. The number of anilines is 2. The lowest BCUT2D eigenvalue weighted by atomic mass is 10.0. The summed E-state index contributed by atoms with van der Waals surface area (Å²) in [5.41, 5.74) is -3.37. The van der Waals surface area contributed by atoms with Crippen LogP contribution in [0.5, 0.6) is 5.75 Å². The van der Waals surface area contributed by atoms with Gasteiger partial charge in [-0.25, -0.2) is 13.1 Å². The van der Waals surface area contributed by atoms with Crippen LogP contribution in [0, 0.1) is 0 Å². The summed E-state index contributed by atoms with van der Waals surface area (Å²) in [6.07, 6.45) is 0.179. The van der Waals surface area contributed by atoms with Crippen LogP contribution in [0.2, 0.25) is 5.02 Å². The summed E-state index contributed by atoms with van der Waals surface area (Å²) in [5, 5.41) is 3.14. The second-order valence-corrected chi connectivity index (χ2v) is 12.4. The van der Waals surface area contributed by atoms with Crippen molar-refractivity contribution in [3.63, 3.8) is 0 Å².